The van der Waals surface area contributed by atoms with Crippen LogP contribution in [0.5, 0.6) is 0 Å². The summed E-state index contributed by atoms with van der Waals surface area (Å²) in [4.78, 5) is 14.5. The van der Waals surface area contributed by atoms with Crippen LogP contribution in [0.3, 0.4) is 0 Å². The number of Topliss-reactive ketones (excluding diaryl/α,β-unsaturated/α-hetero) is 1. The van der Waals surface area contributed by atoms with Gasteiger partial charge in [0.1, 0.15) is 0 Å². The van der Waals surface area contributed by atoms with Crippen LogP contribution < -0.4 is 0 Å². The average Bonchev–Trinajstić information content (AvgIpc) is 3.02. The van der Waals surface area contributed by atoms with Crippen molar-refractivity contribution in [3.8, 4) is 0 Å². The summed E-state index contributed by atoms with van der Waals surface area (Å²) in [5.41, 5.74) is 1.46. The SMILES string of the molecule is O=C(CCC1CC1)c1cc2c(s1)CCCC2. The van der Waals surface area contributed by atoms with Gasteiger partial charge in [-0.3, -0.25) is 4.79 Å². The molecule has 0 amide bonds. The summed E-state index contributed by atoms with van der Waals surface area (Å²) in [5.74, 6) is 1.27. The Bertz CT molecular complexity index is 377. The zero-order valence-corrected chi connectivity index (χ0v) is 10.4. The molecule has 2 aliphatic rings. The smallest absolute Gasteiger partial charge is 0.172 e. The van der Waals surface area contributed by atoms with Crippen LogP contribution in [0.2, 0.25) is 0 Å². The third kappa shape index (κ3) is 2.22. The topological polar surface area (TPSA) is 17.1 Å². The first-order valence-corrected chi connectivity index (χ1v) is 7.29. The van der Waals surface area contributed by atoms with Gasteiger partial charge in [-0.1, -0.05) is 12.8 Å². The van der Waals surface area contributed by atoms with Gasteiger partial charge in [-0.05, 0) is 49.7 Å². The summed E-state index contributed by atoms with van der Waals surface area (Å²) in [6.07, 6.45) is 9.63. The lowest BCUT2D eigenvalue weighted by Crippen LogP contribution is -1.97. The number of aryl methyl sites for hydroxylation is 2. The molecule has 16 heavy (non-hydrogen) atoms. The zero-order valence-electron chi connectivity index (χ0n) is 9.63. The maximum absolute atomic E-state index is 12.0. The van der Waals surface area contributed by atoms with E-state index in [4.69, 9.17) is 0 Å². The molecule has 2 aliphatic carbocycles. The summed E-state index contributed by atoms with van der Waals surface area (Å²) in [6.45, 7) is 0. The van der Waals surface area contributed by atoms with Crippen LogP contribution in [0.4, 0.5) is 0 Å². The van der Waals surface area contributed by atoms with Gasteiger partial charge >= 0.3 is 0 Å². The second-order valence-electron chi connectivity index (χ2n) is 5.17. The van der Waals surface area contributed by atoms with E-state index in [0.717, 1.165) is 23.6 Å². The van der Waals surface area contributed by atoms with E-state index in [0.29, 0.717) is 5.78 Å². The fourth-order valence-corrected chi connectivity index (χ4v) is 3.71. The minimum absolute atomic E-state index is 0.395. The highest BCUT2D eigenvalue weighted by atomic mass is 32.1. The zero-order chi connectivity index (χ0) is 11.0. The summed E-state index contributed by atoms with van der Waals surface area (Å²) in [5, 5.41) is 0. The number of hydrogen-bond acceptors (Lipinski definition) is 2. The maximum atomic E-state index is 12.0. The van der Waals surface area contributed by atoms with E-state index in [1.54, 1.807) is 11.3 Å². The molecule has 1 nitrogen and oxygen atoms in total. The molecule has 0 radical (unpaired) electrons. The van der Waals surface area contributed by atoms with Gasteiger partial charge in [0.05, 0.1) is 4.88 Å². The Morgan fingerprint density at radius 2 is 2.12 bits per heavy atom. The lowest BCUT2D eigenvalue weighted by Gasteiger charge is -2.08. The molecule has 0 aliphatic heterocycles. The number of carbonyl (C=O) groups excluding carboxylic acids is 1. The Balaban J connectivity index is 1.67. The van der Waals surface area contributed by atoms with Crippen LogP contribution in [0.1, 0.15) is 58.6 Å². The van der Waals surface area contributed by atoms with Gasteiger partial charge in [-0.15, -0.1) is 11.3 Å². The Hall–Kier alpha value is -0.630. The molecular weight excluding hydrogens is 216 g/mol. The fraction of sp³-hybridized carbons (Fsp3) is 0.643. The van der Waals surface area contributed by atoms with E-state index in [2.05, 4.69) is 6.07 Å². The summed E-state index contributed by atoms with van der Waals surface area (Å²) in [6, 6.07) is 2.17. The van der Waals surface area contributed by atoms with E-state index < -0.39 is 0 Å². The van der Waals surface area contributed by atoms with Crippen molar-refractivity contribution in [3.63, 3.8) is 0 Å². The number of hydrogen-bond donors (Lipinski definition) is 0. The van der Waals surface area contributed by atoms with Crippen LogP contribution in [0.15, 0.2) is 6.07 Å². The second kappa shape index (κ2) is 4.33. The molecular formula is C14H18OS. The molecule has 0 spiro atoms. The highest BCUT2D eigenvalue weighted by Gasteiger charge is 2.23. The van der Waals surface area contributed by atoms with Gasteiger partial charge in [0.2, 0.25) is 0 Å². The van der Waals surface area contributed by atoms with Gasteiger partial charge < -0.3 is 0 Å². The Kier molecular flexibility index (Phi) is 2.84. The highest BCUT2D eigenvalue weighted by molar-refractivity contribution is 7.14. The van der Waals surface area contributed by atoms with Crippen LogP contribution in [0, 0.1) is 5.92 Å². The lowest BCUT2D eigenvalue weighted by atomic mass is 9.99. The third-order valence-corrected chi connectivity index (χ3v) is 5.03. The number of ketones is 1. The van der Waals surface area contributed by atoms with Gasteiger partial charge in [0, 0.05) is 11.3 Å². The molecule has 1 aromatic heterocycles. The third-order valence-electron chi connectivity index (χ3n) is 3.75. The van der Waals surface area contributed by atoms with E-state index in [1.807, 2.05) is 0 Å². The van der Waals surface area contributed by atoms with Gasteiger partial charge in [0.15, 0.2) is 5.78 Å². The predicted octanol–water partition coefficient (Wildman–Crippen LogP) is 4.00. The van der Waals surface area contributed by atoms with E-state index in [1.165, 1.54) is 49.0 Å². The molecule has 0 atom stereocenters. The molecule has 0 aromatic carbocycles. The van der Waals surface area contributed by atoms with Crippen molar-refractivity contribution in [2.45, 2.75) is 51.4 Å². The van der Waals surface area contributed by atoms with Crippen molar-refractivity contribution in [1.82, 2.24) is 0 Å². The van der Waals surface area contributed by atoms with Gasteiger partial charge in [-0.25, -0.2) is 0 Å². The predicted molar refractivity (Wildman–Crippen MR) is 67.2 cm³/mol. The van der Waals surface area contributed by atoms with Gasteiger partial charge in [-0.2, -0.15) is 0 Å². The molecule has 1 heterocycles. The first-order chi connectivity index (χ1) is 7.83. The van der Waals surface area contributed by atoms with Crippen LogP contribution >= 0.6 is 11.3 Å². The van der Waals surface area contributed by atoms with Crippen molar-refractivity contribution < 1.29 is 4.79 Å². The molecule has 2 heteroatoms. The lowest BCUT2D eigenvalue weighted by molar-refractivity contribution is 0.0982. The monoisotopic (exact) mass is 234 g/mol. The average molecular weight is 234 g/mol. The summed E-state index contributed by atoms with van der Waals surface area (Å²) < 4.78 is 0. The molecule has 86 valence electrons. The molecule has 0 N–H and O–H groups in total. The Morgan fingerprint density at radius 1 is 1.31 bits per heavy atom. The number of thiophene rings is 1. The molecule has 0 bridgehead atoms. The number of fused-ring (bicyclic) bond motifs is 1. The maximum Gasteiger partial charge on any atom is 0.172 e. The first-order valence-electron chi connectivity index (χ1n) is 6.48. The number of rotatable bonds is 4. The van der Waals surface area contributed by atoms with Crippen molar-refractivity contribution in [2.24, 2.45) is 5.92 Å². The van der Waals surface area contributed by atoms with Crippen molar-refractivity contribution in [1.29, 1.82) is 0 Å². The standard InChI is InChI=1S/C14H18OS/c15-12(8-7-10-5-6-10)14-9-11-3-1-2-4-13(11)16-14/h9-10H,1-8H2. The minimum atomic E-state index is 0.395. The molecule has 0 unspecified atom stereocenters. The van der Waals surface area contributed by atoms with E-state index >= 15 is 0 Å². The Labute approximate surface area is 101 Å². The van der Waals surface area contributed by atoms with Crippen LogP contribution in [0.25, 0.3) is 0 Å². The van der Waals surface area contributed by atoms with Crippen LogP contribution in [-0.2, 0) is 12.8 Å². The molecule has 1 fully saturated rings. The molecule has 3 rings (SSSR count). The van der Waals surface area contributed by atoms with Crippen LogP contribution in [-0.4, -0.2) is 5.78 Å². The Morgan fingerprint density at radius 3 is 2.88 bits per heavy atom. The first kappa shape index (κ1) is 10.5. The van der Waals surface area contributed by atoms with Crippen molar-refractivity contribution >= 4 is 17.1 Å². The van der Waals surface area contributed by atoms with E-state index in [-0.39, 0.29) is 0 Å². The van der Waals surface area contributed by atoms with Crippen molar-refractivity contribution in [3.05, 3.63) is 21.4 Å². The van der Waals surface area contributed by atoms with E-state index in [9.17, 15) is 4.79 Å². The quantitative estimate of drug-likeness (QED) is 0.720. The fourth-order valence-electron chi connectivity index (χ4n) is 2.49. The molecule has 1 aromatic rings. The normalized spacial score (nSPS) is 19.5. The largest absolute Gasteiger partial charge is 0.293 e. The highest BCUT2D eigenvalue weighted by Crippen LogP contribution is 2.35. The summed E-state index contributed by atoms with van der Waals surface area (Å²) >= 11 is 1.77. The van der Waals surface area contributed by atoms with Crippen molar-refractivity contribution in [2.75, 3.05) is 0 Å². The molecule has 0 saturated heterocycles. The second-order valence-corrected chi connectivity index (χ2v) is 6.31. The minimum Gasteiger partial charge on any atom is -0.293 e. The number of carbonyl (C=O) groups is 1. The molecule has 1 saturated carbocycles. The summed E-state index contributed by atoms with van der Waals surface area (Å²) in [7, 11) is 0. The van der Waals surface area contributed by atoms with Gasteiger partial charge in [0.25, 0.3) is 0 Å².